The number of pyridine rings is 1. The average molecular weight is 423 g/mol. The Morgan fingerprint density at radius 3 is 2.65 bits per heavy atom. The Morgan fingerprint density at radius 1 is 1.16 bits per heavy atom. The highest BCUT2D eigenvalue weighted by Crippen LogP contribution is 2.28. The first-order chi connectivity index (χ1) is 15.1. The second-order valence-corrected chi connectivity index (χ2v) is 8.21. The first kappa shape index (κ1) is 22.8. The van der Waals surface area contributed by atoms with E-state index in [1.54, 1.807) is 12.4 Å². The summed E-state index contributed by atoms with van der Waals surface area (Å²) in [5.41, 5.74) is 3.15. The third kappa shape index (κ3) is 6.29. The Bertz CT molecular complexity index is 863. The van der Waals surface area contributed by atoms with Gasteiger partial charge in [-0.25, -0.2) is 0 Å². The Balaban J connectivity index is 1.77. The smallest absolute Gasteiger partial charge is 0.253 e. The van der Waals surface area contributed by atoms with Crippen molar-refractivity contribution in [2.75, 3.05) is 23.3 Å². The lowest BCUT2D eigenvalue weighted by atomic mass is 9.98. The van der Waals surface area contributed by atoms with Crippen LogP contribution in [0.1, 0.15) is 68.3 Å². The molecule has 1 aromatic heterocycles. The van der Waals surface area contributed by atoms with Crippen LogP contribution in [0.3, 0.4) is 0 Å². The monoisotopic (exact) mass is 422 g/mol. The molecule has 166 valence electrons. The van der Waals surface area contributed by atoms with Crippen molar-refractivity contribution in [2.45, 2.75) is 58.9 Å². The molecule has 0 bridgehead atoms. The van der Waals surface area contributed by atoms with E-state index in [1.165, 1.54) is 0 Å². The van der Waals surface area contributed by atoms with Crippen LogP contribution in [-0.4, -0.2) is 29.9 Å². The summed E-state index contributed by atoms with van der Waals surface area (Å²) in [6.07, 6.45) is 9.55. The van der Waals surface area contributed by atoms with Gasteiger partial charge in [0.05, 0.1) is 5.56 Å². The number of nitrogens with zero attached hydrogens (tertiary/aromatic N) is 2. The SMILES string of the molecule is CCCC[C@@H](CC)C(=O)Nc1ccc(N2CCCC2)c(C(=O)NCc2cccnc2)c1. The second-order valence-electron chi connectivity index (χ2n) is 8.21. The van der Waals surface area contributed by atoms with Gasteiger partial charge in [-0.2, -0.15) is 0 Å². The number of carbonyl (C=O) groups excluding carboxylic acids is 2. The molecule has 6 heteroatoms. The summed E-state index contributed by atoms with van der Waals surface area (Å²) in [5.74, 6) is -0.104. The number of nitrogens with one attached hydrogen (secondary N) is 2. The summed E-state index contributed by atoms with van der Waals surface area (Å²) in [6.45, 7) is 6.50. The van der Waals surface area contributed by atoms with Crippen molar-refractivity contribution in [1.29, 1.82) is 0 Å². The minimum Gasteiger partial charge on any atom is -0.371 e. The van der Waals surface area contributed by atoms with Gasteiger partial charge in [0, 0.05) is 49.3 Å². The fourth-order valence-electron chi connectivity index (χ4n) is 4.03. The van der Waals surface area contributed by atoms with Crippen LogP contribution in [-0.2, 0) is 11.3 Å². The summed E-state index contributed by atoms with van der Waals surface area (Å²) in [6, 6.07) is 9.49. The van der Waals surface area contributed by atoms with Crippen molar-refractivity contribution in [3.63, 3.8) is 0 Å². The number of benzene rings is 1. The van der Waals surface area contributed by atoms with Crippen molar-refractivity contribution in [1.82, 2.24) is 10.3 Å². The molecular weight excluding hydrogens is 388 g/mol. The van der Waals surface area contributed by atoms with E-state index in [0.717, 1.165) is 62.9 Å². The highest BCUT2D eigenvalue weighted by molar-refractivity contribution is 6.02. The van der Waals surface area contributed by atoms with E-state index in [4.69, 9.17) is 0 Å². The van der Waals surface area contributed by atoms with Crippen molar-refractivity contribution in [3.8, 4) is 0 Å². The molecule has 1 aliphatic heterocycles. The fraction of sp³-hybridized carbons (Fsp3) is 0.480. The molecule has 0 spiro atoms. The molecular formula is C25H34N4O2. The molecule has 2 heterocycles. The molecule has 1 atom stereocenters. The molecule has 1 aliphatic rings. The molecule has 0 radical (unpaired) electrons. The average Bonchev–Trinajstić information content (AvgIpc) is 3.33. The van der Waals surface area contributed by atoms with Gasteiger partial charge < -0.3 is 15.5 Å². The third-order valence-electron chi connectivity index (χ3n) is 5.90. The molecule has 1 saturated heterocycles. The molecule has 2 aromatic rings. The Labute approximate surface area is 185 Å². The van der Waals surface area contributed by atoms with Gasteiger partial charge in [-0.05, 0) is 55.5 Å². The lowest BCUT2D eigenvalue weighted by Crippen LogP contribution is -2.28. The normalized spacial score (nSPS) is 14.3. The molecule has 0 aliphatic carbocycles. The van der Waals surface area contributed by atoms with E-state index >= 15 is 0 Å². The Kier molecular flexibility index (Phi) is 8.44. The number of unbranched alkanes of at least 4 members (excludes halogenated alkanes) is 1. The lowest BCUT2D eigenvalue weighted by Gasteiger charge is -2.22. The van der Waals surface area contributed by atoms with Crippen LogP contribution >= 0.6 is 0 Å². The van der Waals surface area contributed by atoms with Gasteiger partial charge in [0.25, 0.3) is 5.91 Å². The molecule has 1 aromatic carbocycles. The standard InChI is InChI=1S/C25H34N4O2/c1-3-5-10-20(4-2)24(30)28-21-11-12-23(29-14-6-7-15-29)22(16-21)25(31)27-18-19-9-8-13-26-17-19/h8-9,11-13,16-17,20H,3-7,10,14-15,18H2,1-2H3,(H,27,31)(H,28,30)/t20-/m1/s1. The van der Waals surface area contributed by atoms with Crippen LogP contribution < -0.4 is 15.5 Å². The maximum atomic E-state index is 13.1. The molecule has 31 heavy (non-hydrogen) atoms. The molecule has 1 fully saturated rings. The largest absolute Gasteiger partial charge is 0.371 e. The van der Waals surface area contributed by atoms with Crippen molar-refractivity contribution in [2.24, 2.45) is 5.92 Å². The van der Waals surface area contributed by atoms with Gasteiger partial charge in [-0.15, -0.1) is 0 Å². The molecule has 0 saturated carbocycles. The van der Waals surface area contributed by atoms with E-state index in [2.05, 4.69) is 27.4 Å². The first-order valence-corrected chi connectivity index (χ1v) is 11.5. The summed E-state index contributed by atoms with van der Waals surface area (Å²) >= 11 is 0. The van der Waals surface area contributed by atoms with Gasteiger partial charge >= 0.3 is 0 Å². The van der Waals surface area contributed by atoms with E-state index in [1.807, 2.05) is 37.3 Å². The van der Waals surface area contributed by atoms with Crippen LogP contribution in [0.25, 0.3) is 0 Å². The van der Waals surface area contributed by atoms with Gasteiger partial charge in [-0.3, -0.25) is 14.6 Å². The molecule has 2 amide bonds. The maximum Gasteiger partial charge on any atom is 0.253 e. The molecule has 0 unspecified atom stereocenters. The zero-order chi connectivity index (χ0) is 22.1. The first-order valence-electron chi connectivity index (χ1n) is 11.5. The fourth-order valence-corrected chi connectivity index (χ4v) is 4.03. The summed E-state index contributed by atoms with van der Waals surface area (Å²) in [5, 5.41) is 6.04. The van der Waals surface area contributed by atoms with Gasteiger partial charge in [0.1, 0.15) is 0 Å². The lowest BCUT2D eigenvalue weighted by molar-refractivity contribution is -0.120. The number of hydrogen-bond donors (Lipinski definition) is 2. The number of hydrogen-bond acceptors (Lipinski definition) is 4. The number of carbonyl (C=O) groups is 2. The van der Waals surface area contributed by atoms with Crippen molar-refractivity contribution in [3.05, 3.63) is 53.9 Å². The minimum absolute atomic E-state index is 0.000987. The highest BCUT2D eigenvalue weighted by Gasteiger charge is 2.22. The predicted octanol–water partition coefficient (Wildman–Crippen LogP) is 4.77. The molecule has 2 N–H and O–H groups in total. The van der Waals surface area contributed by atoms with Crippen LogP contribution in [0.4, 0.5) is 11.4 Å². The maximum absolute atomic E-state index is 13.1. The van der Waals surface area contributed by atoms with Crippen molar-refractivity contribution < 1.29 is 9.59 Å². The van der Waals surface area contributed by atoms with Crippen LogP contribution in [0, 0.1) is 5.92 Å². The minimum atomic E-state index is -0.139. The van der Waals surface area contributed by atoms with E-state index < -0.39 is 0 Å². The zero-order valence-corrected chi connectivity index (χ0v) is 18.7. The topological polar surface area (TPSA) is 74.3 Å². The second kappa shape index (κ2) is 11.5. The zero-order valence-electron chi connectivity index (χ0n) is 18.7. The Hall–Kier alpha value is -2.89. The van der Waals surface area contributed by atoms with Gasteiger partial charge in [-0.1, -0.05) is 32.8 Å². The van der Waals surface area contributed by atoms with E-state index in [9.17, 15) is 9.59 Å². The summed E-state index contributed by atoms with van der Waals surface area (Å²) < 4.78 is 0. The molecule has 3 rings (SSSR count). The van der Waals surface area contributed by atoms with Gasteiger partial charge in [0.15, 0.2) is 0 Å². The van der Waals surface area contributed by atoms with Crippen molar-refractivity contribution >= 4 is 23.2 Å². The van der Waals surface area contributed by atoms with Crippen LogP contribution in [0.2, 0.25) is 0 Å². The quantitative estimate of drug-likeness (QED) is 0.579. The number of aromatic nitrogens is 1. The van der Waals surface area contributed by atoms with Crippen LogP contribution in [0.5, 0.6) is 0 Å². The number of anilines is 2. The number of rotatable bonds is 10. The van der Waals surface area contributed by atoms with Gasteiger partial charge in [0.2, 0.25) is 5.91 Å². The Morgan fingerprint density at radius 2 is 1.97 bits per heavy atom. The highest BCUT2D eigenvalue weighted by atomic mass is 16.2. The van der Waals surface area contributed by atoms with E-state index in [-0.39, 0.29) is 17.7 Å². The summed E-state index contributed by atoms with van der Waals surface area (Å²) in [4.78, 5) is 32.2. The third-order valence-corrected chi connectivity index (χ3v) is 5.90. The predicted molar refractivity (Wildman–Crippen MR) is 125 cm³/mol. The summed E-state index contributed by atoms with van der Waals surface area (Å²) in [7, 11) is 0. The molecule has 6 nitrogen and oxygen atoms in total. The number of amides is 2. The van der Waals surface area contributed by atoms with E-state index in [0.29, 0.717) is 17.8 Å². The van der Waals surface area contributed by atoms with Crippen LogP contribution in [0.15, 0.2) is 42.7 Å².